The van der Waals surface area contributed by atoms with Crippen LogP contribution >= 0.6 is 0 Å². The molecule has 2 aliphatic rings. The van der Waals surface area contributed by atoms with E-state index in [1.807, 2.05) is 19.1 Å². The number of hydrogen-bond acceptors (Lipinski definition) is 3. The summed E-state index contributed by atoms with van der Waals surface area (Å²) in [7, 11) is 0. The molecule has 12 heteroatoms. The first-order valence-electron chi connectivity index (χ1n) is 14.4. The Hall–Kier alpha value is -3.05. The minimum absolute atomic E-state index is 0.0315. The first kappa shape index (κ1) is 32.9. The third kappa shape index (κ3) is 8.75. The summed E-state index contributed by atoms with van der Waals surface area (Å²) in [5.41, 5.74) is 0.0869. The summed E-state index contributed by atoms with van der Waals surface area (Å²) in [5, 5.41) is 0. The fourth-order valence-corrected chi connectivity index (χ4v) is 5.87. The van der Waals surface area contributed by atoms with Gasteiger partial charge in [-0.1, -0.05) is 19.1 Å². The van der Waals surface area contributed by atoms with Gasteiger partial charge >= 0.3 is 12.5 Å². The standard InChI is InChI=1S/C31H33F9O3/c1-2-13-41-22-14-24(32)28(25(33)15-22)20-9-5-18(6-10-20)3-4-19-7-11-21(12-8-19)30(36,37)42-23-16-26(34)29(27(35)17-23)43-31(38,39)40/h3-4,14-21H,2,5-13H2,1H3/b4-3+. The van der Waals surface area contributed by atoms with Crippen LogP contribution in [0.4, 0.5) is 39.5 Å². The lowest BCUT2D eigenvalue weighted by molar-refractivity contribution is -0.276. The van der Waals surface area contributed by atoms with Gasteiger partial charge < -0.3 is 14.2 Å². The molecule has 2 aromatic carbocycles. The van der Waals surface area contributed by atoms with Crippen molar-refractivity contribution in [1.82, 2.24) is 0 Å². The Morgan fingerprint density at radius 2 is 1.16 bits per heavy atom. The van der Waals surface area contributed by atoms with Crippen LogP contribution in [0.5, 0.6) is 17.2 Å². The molecule has 3 nitrogen and oxygen atoms in total. The minimum Gasteiger partial charge on any atom is -0.493 e. The maximum Gasteiger partial charge on any atom is 0.573 e. The van der Waals surface area contributed by atoms with E-state index in [1.54, 1.807) is 0 Å². The van der Waals surface area contributed by atoms with Gasteiger partial charge in [-0.05, 0) is 75.5 Å². The third-order valence-electron chi connectivity index (χ3n) is 8.05. The van der Waals surface area contributed by atoms with E-state index in [9.17, 15) is 39.5 Å². The highest BCUT2D eigenvalue weighted by atomic mass is 19.4. The lowest BCUT2D eigenvalue weighted by Gasteiger charge is -2.33. The first-order chi connectivity index (χ1) is 20.3. The highest BCUT2D eigenvalue weighted by Gasteiger charge is 2.44. The molecule has 0 saturated heterocycles. The van der Waals surface area contributed by atoms with Gasteiger partial charge in [0.25, 0.3) is 0 Å². The van der Waals surface area contributed by atoms with Gasteiger partial charge in [0.05, 0.1) is 12.5 Å². The summed E-state index contributed by atoms with van der Waals surface area (Å²) in [6.07, 6.45) is -0.775. The molecule has 43 heavy (non-hydrogen) atoms. The zero-order valence-electron chi connectivity index (χ0n) is 23.5. The van der Waals surface area contributed by atoms with Gasteiger partial charge in [-0.15, -0.1) is 13.2 Å². The quantitative estimate of drug-likeness (QED) is 0.195. The average molecular weight is 625 g/mol. The van der Waals surface area contributed by atoms with Crippen molar-refractivity contribution in [2.75, 3.05) is 6.61 Å². The van der Waals surface area contributed by atoms with Crippen molar-refractivity contribution < 1.29 is 53.7 Å². The van der Waals surface area contributed by atoms with Gasteiger partial charge in [0, 0.05) is 29.8 Å². The molecule has 0 unspecified atom stereocenters. The molecule has 0 atom stereocenters. The molecular formula is C31H33F9O3. The van der Waals surface area contributed by atoms with E-state index in [1.165, 1.54) is 12.1 Å². The molecule has 0 bridgehead atoms. The van der Waals surface area contributed by atoms with E-state index >= 15 is 0 Å². The summed E-state index contributed by atoms with van der Waals surface area (Å²) in [5.74, 6) is -8.65. The number of benzene rings is 2. The molecule has 2 saturated carbocycles. The van der Waals surface area contributed by atoms with Gasteiger partial charge in [-0.3, -0.25) is 0 Å². The maximum atomic E-state index is 14.8. The SMILES string of the molecule is CCCOc1cc(F)c(C2CCC(/C=C/C3CCC(C(F)(F)Oc4cc(F)c(OC(F)(F)F)c(F)c4)CC3)CC2)c(F)c1. The van der Waals surface area contributed by atoms with Gasteiger partial charge in [0.2, 0.25) is 5.75 Å². The largest absolute Gasteiger partial charge is 0.573 e. The van der Waals surface area contributed by atoms with Gasteiger partial charge in [0.15, 0.2) is 11.6 Å². The Bertz CT molecular complexity index is 1220. The molecule has 2 fully saturated rings. The second-order valence-corrected chi connectivity index (χ2v) is 11.2. The third-order valence-corrected chi connectivity index (χ3v) is 8.05. The van der Waals surface area contributed by atoms with Crippen molar-refractivity contribution in [3.8, 4) is 17.2 Å². The van der Waals surface area contributed by atoms with Crippen LogP contribution in [0.15, 0.2) is 36.4 Å². The summed E-state index contributed by atoms with van der Waals surface area (Å²) < 4.78 is 137. The number of allylic oxidation sites excluding steroid dienone is 2. The molecule has 0 amide bonds. The number of alkyl halides is 5. The molecule has 238 valence electrons. The zero-order valence-corrected chi connectivity index (χ0v) is 23.5. The first-order valence-corrected chi connectivity index (χ1v) is 14.4. The molecule has 0 aliphatic heterocycles. The van der Waals surface area contributed by atoms with E-state index in [-0.39, 0.29) is 54.0 Å². The van der Waals surface area contributed by atoms with Crippen LogP contribution in [-0.4, -0.2) is 19.1 Å². The highest BCUT2D eigenvalue weighted by molar-refractivity contribution is 5.35. The molecule has 2 aliphatic carbocycles. The fourth-order valence-electron chi connectivity index (χ4n) is 5.87. The van der Waals surface area contributed by atoms with E-state index < -0.39 is 53.2 Å². The molecular weight excluding hydrogens is 591 g/mol. The maximum absolute atomic E-state index is 14.8. The van der Waals surface area contributed by atoms with Crippen LogP contribution in [0, 0.1) is 41.0 Å². The molecule has 0 radical (unpaired) electrons. The molecule has 2 aromatic rings. The fraction of sp³-hybridized carbons (Fsp3) is 0.548. The average Bonchev–Trinajstić information content (AvgIpc) is 2.92. The Morgan fingerprint density at radius 3 is 1.65 bits per heavy atom. The van der Waals surface area contributed by atoms with Crippen molar-refractivity contribution in [1.29, 1.82) is 0 Å². The van der Waals surface area contributed by atoms with Crippen molar-refractivity contribution in [3.63, 3.8) is 0 Å². The highest BCUT2D eigenvalue weighted by Crippen LogP contribution is 2.43. The summed E-state index contributed by atoms with van der Waals surface area (Å²) in [6, 6.07) is 2.90. The van der Waals surface area contributed by atoms with Gasteiger partial charge in [-0.25, -0.2) is 17.6 Å². The number of rotatable bonds is 10. The Morgan fingerprint density at radius 1 is 0.674 bits per heavy atom. The number of hydrogen-bond donors (Lipinski definition) is 0. The van der Waals surface area contributed by atoms with E-state index in [0.717, 1.165) is 19.3 Å². The Balaban J connectivity index is 1.26. The number of halogens is 9. The molecule has 0 N–H and O–H groups in total. The van der Waals surface area contributed by atoms with Gasteiger partial charge in [-0.2, -0.15) is 8.78 Å². The number of ether oxygens (including phenoxy) is 3. The predicted molar refractivity (Wildman–Crippen MR) is 140 cm³/mol. The van der Waals surface area contributed by atoms with Crippen molar-refractivity contribution >= 4 is 0 Å². The van der Waals surface area contributed by atoms with Crippen molar-refractivity contribution in [2.45, 2.75) is 83.1 Å². The molecule has 0 heterocycles. The molecule has 0 spiro atoms. The van der Waals surface area contributed by atoms with Gasteiger partial charge in [0.1, 0.15) is 23.1 Å². The normalized spacial score (nSPS) is 23.4. The van der Waals surface area contributed by atoms with Crippen LogP contribution in [0.1, 0.15) is 76.2 Å². The van der Waals surface area contributed by atoms with E-state index in [4.69, 9.17) is 4.74 Å². The summed E-state index contributed by atoms with van der Waals surface area (Å²) in [6.45, 7) is 2.27. The zero-order chi connectivity index (χ0) is 31.4. The van der Waals surface area contributed by atoms with Crippen LogP contribution in [0.2, 0.25) is 0 Å². The second-order valence-electron chi connectivity index (χ2n) is 11.2. The second kappa shape index (κ2) is 13.7. The summed E-state index contributed by atoms with van der Waals surface area (Å²) >= 11 is 0. The minimum atomic E-state index is -5.37. The van der Waals surface area contributed by atoms with E-state index in [2.05, 4.69) is 9.47 Å². The predicted octanol–water partition coefficient (Wildman–Crippen LogP) is 10.2. The van der Waals surface area contributed by atoms with Crippen molar-refractivity contribution in [3.05, 3.63) is 65.2 Å². The molecule has 0 aromatic heterocycles. The lowest BCUT2D eigenvalue weighted by Crippen LogP contribution is -2.37. The monoisotopic (exact) mass is 624 g/mol. The van der Waals surface area contributed by atoms with Crippen LogP contribution in [0.3, 0.4) is 0 Å². The van der Waals surface area contributed by atoms with Crippen molar-refractivity contribution in [2.24, 2.45) is 17.8 Å². The van der Waals surface area contributed by atoms with E-state index in [0.29, 0.717) is 32.3 Å². The van der Waals surface area contributed by atoms with Crippen LogP contribution in [0.25, 0.3) is 0 Å². The van der Waals surface area contributed by atoms with Crippen LogP contribution in [-0.2, 0) is 0 Å². The Labute approximate surface area is 244 Å². The smallest absolute Gasteiger partial charge is 0.493 e. The van der Waals surface area contributed by atoms with Crippen LogP contribution < -0.4 is 14.2 Å². The summed E-state index contributed by atoms with van der Waals surface area (Å²) in [4.78, 5) is 0. The topological polar surface area (TPSA) is 27.7 Å². The Kier molecular flexibility index (Phi) is 10.5. The lowest BCUT2D eigenvalue weighted by atomic mass is 9.77. The molecule has 4 rings (SSSR count).